The first-order chi connectivity index (χ1) is 12.1. The Morgan fingerprint density at radius 1 is 1.12 bits per heavy atom. The van der Waals surface area contributed by atoms with Gasteiger partial charge in [-0.05, 0) is 18.1 Å². The van der Waals surface area contributed by atoms with Crippen LogP contribution in [0.5, 0.6) is 0 Å². The summed E-state index contributed by atoms with van der Waals surface area (Å²) >= 11 is 0. The smallest absolute Gasteiger partial charge is 0.313 e. The molecule has 0 aliphatic carbocycles. The van der Waals surface area contributed by atoms with Crippen LogP contribution in [0.4, 0.5) is 11.9 Å². The van der Waals surface area contributed by atoms with Crippen molar-refractivity contribution < 1.29 is 9.90 Å². The van der Waals surface area contributed by atoms with Crippen LogP contribution in [-0.4, -0.2) is 57.2 Å². The topological polar surface area (TPSA) is 95.3 Å². The van der Waals surface area contributed by atoms with E-state index in [0.717, 1.165) is 12.0 Å². The van der Waals surface area contributed by atoms with Gasteiger partial charge < -0.3 is 14.9 Å². The van der Waals surface area contributed by atoms with E-state index in [1.54, 1.807) is 18.5 Å². The van der Waals surface area contributed by atoms with Gasteiger partial charge in [0.25, 0.3) is 0 Å². The van der Waals surface area contributed by atoms with Crippen LogP contribution in [0, 0.1) is 11.3 Å². The van der Waals surface area contributed by atoms with Gasteiger partial charge >= 0.3 is 5.97 Å². The third kappa shape index (κ3) is 2.57. The van der Waals surface area contributed by atoms with Gasteiger partial charge in [0.1, 0.15) is 5.41 Å². The molecular formula is C17H20N6O2. The van der Waals surface area contributed by atoms with Gasteiger partial charge in [-0.2, -0.15) is 0 Å². The summed E-state index contributed by atoms with van der Waals surface area (Å²) in [6.45, 7) is 4.11. The first kappa shape index (κ1) is 15.7. The Bertz CT molecular complexity index is 768. The lowest BCUT2D eigenvalue weighted by Gasteiger charge is -2.25. The van der Waals surface area contributed by atoms with E-state index in [4.69, 9.17) is 0 Å². The molecule has 130 valence electrons. The lowest BCUT2D eigenvalue weighted by Crippen LogP contribution is -2.41. The van der Waals surface area contributed by atoms with Crippen molar-refractivity contribution in [3.8, 4) is 0 Å². The number of aromatic nitrogens is 4. The predicted molar refractivity (Wildman–Crippen MR) is 91.4 cm³/mol. The summed E-state index contributed by atoms with van der Waals surface area (Å²) in [5.41, 5.74) is 0.231. The number of aryl methyl sites for hydroxylation is 1. The summed E-state index contributed by atoms with van der Waals surface area (Å²) < 4.78 is 0. The zero-order valence-electron chi connectivity index (χ0n) is 14.0. The maximum Gasteiger partial charge on any atom is 0.313 e. The normalized spacial score (nSPS) is 25.2. The molecule has 2 atom stereocenters. The van der Waals surface area contributed by atoms with Gasteiger partial charge in [-0.3, -0.25) is 4.79 Å². The van der Waals surface area contributed by atoms with E-state index in [-0.39, 0.29) is 5.92 Å². The van der Waals surface area contributed by atoms with Crippen LogP contribution in [-0.2, 0) is 11.2 Å². The molecule has 0 radical (unpaired) electrons. The zero-order valence-corrected chi connectivity index (χ0v) is 14.0. The number of anilines is 2. The fourth-order valence-corrected chi connectivity index (χ4v) is 3.82. The summed E-state index contributed by atoms with van der Waals surface area (Å²) in [6.07, 6.45) is 7.87. The Balaban J connectivity index is 1.57. The largest absolute Gasteiger partial charge is 0.481 e. The Morgan fingerprint density at radius 2 is 1.68 bits per heavy atom. The number of aliphatic carboxylic acids is 1. The molecule has 4 rings (SSSR count). The second-order valence-corrected chi connectivity index (χ2v) is 6.71. The van der Waals surface area contributed by atoms with Crippen molar-refractivity contribution in [1.82, 2.24) is 19.9 Å². The molecule has 2 saturated heterocycles. The highest BCUT2D eigenvalue weighted by atomic mass is 16.4. The first-order valence-electron chi connectivity index (χ1n) is 8.43. The van der Waals surface area contributed by atoms with E-state index in [2.05, 4.69) is 26.9 Å². The highest BCUT2D eigenvalue weighted by Gasteiger charge is 2.58. The van der Waals surface area contributed by atoms with E-state index in [0.29, 0.717) is 38.1 Å². The van der Waals surface area contributed by atoms with Gasteiger partial charge in [-0.1, -0.05) is 6.92 Å². The predicted octanol–water partition coefficient (Wildman–Crippen LogP) is 0.856. The quantitative estimate of drug-likeness (QED) is 0.875. The van der Waals surface area contributed by atoms with Crippen LogP contribution < -0.4 is 9.80 Å². The Hall–Kier alpha value is -2.77. The van der Waals surface area contributed by atoms with Gasteiger partial charge in [0.15, 0.2) is 0 Å². The third-order valence-corrected chi connectivity index (χ3v) is 5.25. The van der Waals surface area contributed by atoms with Crippen molar-refractivity contribution in [3.05, 3.63) is 36.4 Å². The molecular weight excluding hydrogens is 320 g/mol. The van der Waals surface area contributed by atoms with Crippen LogP contribution in [0.2, 0.25) is 0 Å². The fraction of sp³-hybridized carbons (Fsp3) is 0.471. The number of hydrogen-bond donors (Lipinski definition) is 1. The number of carbonyl (C=O) groups is 1. The molecule has 0 aromatic carbocycles. The molecule has 2 fully saturated rings. The van der Waals surface area contributed by atoms with Crippen molar-refractivity contribution in [2.45, 2.75) is 13.3 Å². The van der Waals surface area contributed by atoms with Crippen LogP contribution in [0.1, 0.15) is 12.5 Å². The van der Waals surface area contributed by atoms with Gasteiger partial charge in [0.2, 0.25) is 11.9 Å². The van der Waals surface area contributed by atoms with Gasteiger partial charge in [0, 0.05) is 56.9 Å². The summed E-state index contributed by atoms with van der Waals surface area (Å²) in [5, 5.41) is 9.95. The molecule has 0 bridgehead atoms. The molecule has 8 nitrogen and oxygen atoms in total. The van der Waals surface area contributed by atoms with Crippen LogP contribution >= 0.6 is 0 Å². The van der Waals surface area contributed by atoms with Gasteiger partial charge in [0.05, 0.1) is 0 Å². The molecule has 0 spiro atoms. The van der Waals surface area contributed by atoms with Crippen LogP contribution in [0.15, 0.2) is 30.9 Å². The minimum absolute atomic E-state index is 0.0109. The third-order valence-electron chi connectivity index (χ3n) is 5.25. The van der Waals surface area contributed by atoms with Gasteiger partial charge in [-0.15, -0.1) is 0 Å². The van der Waals surface area contributed by atoms with Gasteiger partial charge in [-0.25, -0.2) is 19.9 Å². The molecule has 0 saturated carbocycles. The molecule has 4 heterocycles. The van der Waals surface area contributed by atoms with E-state index in [1.165, 1.54) is 0 Å². The minimum Gasteiger partial charge on any atom is -0.481 e. The number of rotatable bonds is 4. The van der Waals surface area contributed by atoms with E-state index >= 15 is 0 Å². The maximum absolute atomic E-state index is 12.1. The number of nitrogens with zero attached hydrogens (tertiary/aromatic N) is 6. The Labute approximate surface area is 145 Å². The average Bonchev–Trinajstić information content (AvgIpc) is 3.18. The monoisotopic (exact) mass is 340 g/mol. The SMILES string of the molecule is CCc1cnc(N2C[C@@H]3CN(c4ncccn4)C[C@]3(C(=O)O)C2)nc1. The van der Waals surface area contributed by atoms with Crippen molar-refractivity contribution in [2.75, 3.05) is 36.0 Å². The molecule has 2 aliphatic rings. The number of carboxylic acids is 1. The number of fused-ring (bicyclic) bond motifs is 1. The van der Waals surface area contributed by atoms with Crippen molar-refractivity contribution in [1.29, 1.82) is 0 Å². The summed E-state index contributed by atoms with van der Waals surface area (Å²) in [6, 6.07) is 1.76. The Morgan fingerprint density at radius 3 is 2.16 bits per heavy atom. The molecule has 2 aromatic rings. The molecule has 2 aliphatic heterocycles. The summed E-state index contributed by atoms with van der Waals surface area (Å²) in [5.74, 6) is 0.411. The van der Waals surface area contributed by atoms with Crippen LogP contribution in [0.25, 0.3) is 0 Å². The van der Waals surface area contributed by atoms with Crippen molar-refractivity contribution >= 4 is 17.9 Å². The standard InChI is InChI=1S/C17H20N6O2/c1-2-12-6-20-16(21-7-12)23-9-13-8-22(15-18-4-3-5-19-15)10-17(13,11-23)14(24)25/h3-7,13H,2,8-11H2,1H3,(H,24,25)/t13-,17-/m0/s1. The van der Waals surface area contributed by atoms with E-state index in [1.807, 2.05) is 22.2 Å². The minimum atomic E-state index is -0.841. The molecule has 0 amide bonds. The average molecular weight is 340 g/mol. The lowest BCUT2D eigenvalue weighted by molar-refractivity contribution is -0.148. The Kier molecular flexibility index (Phi) is 3.74. The molecule has 25 heavy (non-hydrogen) atoms. The number of hydrogen-bond acceptors (Lipinski definition) is 7. The molecule has 8 heteroatoms. The molecule has 1 N–H and O–H groups in total. The fourth-order valence-electron chi connectivity index (χ4n) is 3.82. The second kappa shape index (κ2) is 5.94. The highest BCUT2D eigenvalue weighted by Crippen LogP contribution is 2.44. The van der Waals surface area contributed by atoms with Crippen molar-refractivity contribution in [3.63, 3.8) is 0 Å². The van der Waals surface area contributed by atoms with Crippen molar-refractivity contribution in [2.24, 2.45) is 11.3 Å². The number of carboxylic acid groups (broad SMARTS) is 1. The van der Waals surface area contributed by atoms with E-state index in [9.17, 15) is 9.90 Å². The van der Waals surface area contributed by atoms with Crippen LogP contribution in [0.3, 0.4) is 0 Å². The summed E-state index contributed by atoms with van der Waals surface area (Å²) in [7, 11) is 0. The maximum atomic E-state index is 12.1. The summed E-state index contributed by atoms with van der Waals surface area (Å²) in [4.78, 5) is 33.4. The van der Waals surface area contributed by atoms with E-state index < -0.39 is 11.4 Å². The first-order valence-corrected chi connectivity index (χ1v) is 8.43. The second-order valence-electron chi connectivity index (χ2n) is 6.71. The lowest BCUT2D eigenvalue weighted by atomic mass is 9.81. The molecule has 2 aromatic heterocycles. The molecule has 0 unspecified atom stereocenters. The zero-order chi connectivity index (χ0) is 17.4. The highest BCUT2D eigenvalue weighted by molar-refractivity contribution is 5.79.